The van der Waals surface area contributed by atoms with E-state index in [9.17, 15) is 4.79 Å². The van der Waals surface area contributed by atoms with Gasteiger partial charge in [-0.15, -0.1) is 22.9 Å². The molecule has 0 atom stereocenters. The largest absolute Gasteiger partial charge is 0.301 e. The van der Waals surface area contributed by atoms with Gasteiger partial charge < -0.3 is 4.90 Å². The lowest BCUT2D eigenvalue weighted by molar-refractivity contribution is 0.102. The van der Waals surface area contributed by atoms with Crippen LogP contribution in [-0.4, -0.2) is 11.7 Å². The summed E-state index contributed by atoms with van der Waals surface area (Å²) in [6.07, 6.45) is 0. The zero-order valence-corrected chi connectivity index (χ0v) is 16.7. The highest BCUT2D eigenvalue weighted by Gasteiger charge is 2.22. The third-order valence-electron chi connectivity index (χ3n) is 4.43. The summed E-state index contributed by atoms with van der Waals surface area (Å²) in [6, 6.07) is 32.5. The summed E-state index contributed by atoms with van der Waals surface area (Å²) < 4.78 is 0. The number of thiophene rings is 1. The van der Waals surface area contributed by atoms with Crippen LogP contribution in [0.3, 0.4) is 0 Å². The molecule has 28 heavy (non-hydrogen) atoms. The van der Waals surface area contributed by atoms with Crippen molar-refractivity contribution in [1.29, 1.82) is 0 Å². The van der Waals surface area contributed by atoms with Crippen molar-refractivity contribution < 1.29 is 4.79 Å². The van der Waals surface area contributed by atoms with Gasteiger partial charge in [-0.3, -0.25) is 4.79 Å². The fourth-order valence-corrected chi connectivity index (χ4v) is 4.50. The summed E-state index contributed by atoms with van der Waals surface area (Å²) in [4.78, 5) is 15.2. The topological polar surface area (TPSA) is 20.3 Å². The lowest BCUT2D eigenvalue weighted by Gasteiger charge is -2.25. The fourth-order valence-electron chi connectivity index (χ4n) is 3.11. The molecule has 0 fully saturated rings. The number of ketones is 1. The van der Waals surface area contributed by atoms with Crippen LogP contribution in [0.2, 0.25) is 0 Å². The Morgan fingerprint density at radius 1 is 0.786 bits per heavy atom. The van der Waals surface area contributed by atoms with Crippen molar-refractivity contribution in [2.45, 2.75) is 0 Å². The molecule has 0 saturated carbocycles. The Morgan fingerprint density at radius 2 is 1.29 bits per heavy atom. The number of anilines is 3. The maximum absolute atomic E-state index is 12.4. The number of rotatable bonds is 6. The molecule has 0 radical (unpaired) electrons. The van der Waals surface area contributed by atoms with E-state index in [0.29, 0.717) is 4.88 Å². The average Bonchev–Trinajstić information content (AvgIpc) is 3.20. The van der Waals surface area contributed by atoms with E-state index in [0.717, 1.165) is 27.5 Å². The van der Waals surface area contributed by atoms with Crippen LogP contribution in [0.15, 0.2) is 97.1 Å². The minimum absolute atomic E-state index is 0.0230. The normalized spacial score (nSPS) is 10.6. The number of carbonyl (C=O) groups excluding carboxylic acids is 1. The third-order valence-corrected chi connectivity index (χ3v) is 5.83. The highest BCUT2D eigenvalue weighted by molar-refractivity contribution is 7.19. The molecule has 0 saturated heterocycles. The van der Waals surface area contributed by atoms with Crippen molar-refractivity contribution in [1.82, 2.24) is 0 Å². The summed E-state index contributed by atoms with van der Waals surface area (Å²) >= 11 is 7.33. The molecule has 4 rings (SSSR count). The molecule has 0 aliphatic heterocycles. The molecule has 0 aliphatic rings. The maximum Gasteiger partial charge on any atom is 0.187 e. The molecule has 3 aromatic carbocycles. The Kier molecular flexibility index (Phi) is 5.56. The predicted octanol–water partition coefficient (Wildman–Crippen LogP) is 7.31. The van der Waals surface area contributed by atoms with Gasteiger partial charge >= 0.3 is 0 Å². The minimum Gasteiger partial charge on any atom is -0.301 e. The second kappa shape index (κ2) is 8.42. The highest BCUT2D eigenvalue weighted by Crippen LogP contribution is 2.46. The van der Waals surface area contributed by atoms with E-state index in [-0.39, 0.29) is 11.7 Å². The number of halogens is 1. The number of hydrogen-bond donors (Lipinski definition) is 0. The van der Waals surface area contributed by atoms with Gasteiger partial charge in [-0.05, 0) is 35.9 Å². The Labute approximate surface area is 173 Å². The first kappa shape index (κ1) is 18.5. The van der Waals surface area contributed by atoms with E-state index in [4.69, 9.17) is 11.6 Å². The standard InChI is InChI=1S/C24H18ClNOS/c25-17-22(27)23-16-21(18-10-4-1-5-11-18)24(28-23)26(19-12-6-2-7-13-19)20-14-8-3-9-15-20/h1-16H,17H2. The quantitative estimate of drug-likeness (QED) is 0.248. The molecule has 1 heterocycles. The Bertz CT molecular complexity index is 1020. The monoisotopic (exact) mass is 403 g/mol. The van der Waals surface area contributed by atoms with Crippen molar-refractivity contribution in [3.63, 3.8) is 0 Å². The van der Waals surface area contributed by atoms with E-state index >= 15 is 0 Å². The van der Waals surface area contributed by atoms with Gasteiger partial charge in [-0.1, -0.05) is 66.7 Å². The molecule has 2 nitrogen and oxygen atoms in total. The molecule has 0 amide bonds. The highest BCUT2D eigenvalue weighted by atomic mass is 35.5. The van der Waals surface area contributed by atoms with E-state index in [2.05, 4.69) is 41.3 Å². The van der Waals surface area contributed by atoms with E-state index in [1.165, 1.54) is 11.3 Å². The summed E-state index contributed by atoms with van der Waals surface area (Å²) in [6.45, 7) is 0. The van der Waals surface area contributed by atoms with E-state index in [1.807, 2.05) is 60.7 Å². The number of hydrogen-bond acceptors (Lipinski definition) is 3. The van der Waals surface area contributed by atoms with Gasteiger partial charge in [-0.2, -0.15) is 0 Å². The first-order valence-corrected chi connectivity index (χ1v) is 10.3. The van der Waals surface area contributed by atoms with Gasteiger partial charge in [-0.25, -0.2) is 0 Å². The molecular formula is C24H18ClNOS. The lowest BCUT2D eigenvalue weighted by atomic mass is 10.1. The third kappa shape index (κ3) is 3.72. The van der Waals surface area contributed by atoms with Crippen LogP contribution in [0.4, 0.5) is 16.4 Å². The molecule has 0 aliphatic carbocycles. The molecule has 4 aromatic rings. The second-order valence-electron chi connectivity index (χ2n) is 6.26. The van der Waals surface area contributed by atoms with Crippen molar-refractivity contribution in [2.24, 2.45) is 0 Å². The van der Waals surface area contributed by atoms with Crippen LogP contribution in [0.25, 0.3) is 11.1 Å². The maximum atomic E-state index is 12.4. The van der Waals surface area contributed by atoms with Gasteiger partial charge in [0, 0.05) is 16.9 Å². The molecule has 0 N–H and O–H groups in total. The van der Waals surface area contributed by atoms with Crippen molar-refractivity contribution in [3.05, 3.63) is 102 Å². The molecule has 138 valence electrons. The molecule has 1 aromatic heterocycles. The van der Waals surface area contributed by atoms with Crippen molar-refractivity contribution in [2.75, 3.05) is 10.8 Å². The predicted molar refractivity (Wildman–Crippen MR) is 119 cm³/mol. The summed E-state index contributed by atoms with van der Waals surface area (Å²) in [5.41, 5.74) is 4.17. The second-order valence-corrected chi connectivity index (χ2v) is 7.56. The van der Waals surface area contributed by atoms with Crippen LogP contribution in [-0.2, 0) is 0 Å². The van der Waals surface area contributed by atoms with Gasteiger partial charge in [0.25, 0.3) is 0 Å². The van der Waals surface area contributed by atoms with Gasteiger partial charge in [0.15, 0.2) is 5.78 Å². The summed E-state index contributed by atoms with van der Waals surface area (Å²) in [7, 11) is 0. The van der Waals surface area contributed by atoms with Gasteiger partial charge in [0.05, 0.1) is 10.8 Å². The van der Waals surface area contributed by atoms with Gasteiger partial charge in [0.1, 0.15) is 5.00 Å². The van der Waals surface area contributed by atoms with Crippen LogP contribution in [0, 0.1) is 0 Å². The number of nitrogens with zero attached hydrogens (tertiary/aromatic N) is 1. The molecular weight excluding hydrogens is 386 g/mol. The number of Topliss-reactive ketones (excluding diaryl/α,β-unsaturated/α-hetero) is 1. The van der Waals surface area contributed by atoms with Crippen LogP contribution in [0.5, 0.6) is 0 Å². The minimum atomic E-state index is -0.0591. The van der Waals surface area contributed by atoms with Crippen LogP contribution >= 0.6 is 22.9 Å². The number of carbonyl (C=O) groups is 1. The Hall–Kier alpha value is -2.88. The van der Waals surface area contributed by atoms with Crippen molar-refractivity contribution in [3.8, 4) is 11.1 Å². The Balaban J connectivity index is 1.95. The summed E-state index contributed by atoms with van der Waals surface area (Å²) in [5.74, 6) is -0.0821. The van der Waals surface area contributed by atoms with Crippen LogP contribution in [0.1, 0.15) is 9.67 Å². The number of alkyl halides is 1. The number of para-hydroxylation sites is 2. The first-order valence-electron chi connectivity index (χ1n) is 8.96. The molecule has 0 bridgehead atoms. The zero-order chi connectivity index (χ0) is 19.3. The van der Waals surface area contributed by atoms with E-state index in [1.54, 1.807) is 0 Å². The average molecular weight is 404 g/mol. The first-order chi connectivity index (χ1) is 13.8. The fraction of sp³-hybridized carbons (Fsp3) is 0.0417. The van der Waals surface area contributed by atoms with E-state index < -0.39 is 0 Å². The smallest absolute Gasteiger partial charge is 0.187 e. The summed E-state index contributed by atoms with van der Waals surface area (Å²) in [5, 5.41) is 0.997. The zero-order valence-electron chi connectivity index (χ0n) is 15.1. The lowest BCUT2D eigenvalue weighted by Crippen LogP contribution is -2.09. The van der Waals surface area contributed by atoms with Crippen molar-refractivity contribution >= 4 is 45.1 Å². The number of benzene rings is 3. The van der Waals surface area contributed by atoms with Gasteiger partial charge in [0.2, 0.25) is 0 Å². The molecule has 0 spiro atoms. The Morgan fingerprint density at radius 3 is 1.79 bits per heavy atom. The van der Waals surface area contributed by atoms with Crippen LogP contribution < -0.4 is 4.90 Å². The molecule has 4 heteroatoms. The SMILES string of the molecule is O=C(CCl)c1cc(-c2ccccc2)c(N(c2ccccc2)c2ccccc2)s1. The molecule has 0 unspecified atom stereocenters.